The second-order valence-electron chi connectivity index (χ2n) is 7.72. The van der Waals surface area contributed by atoms with E-state index in [4.69, 9.17) is 4.74 Å². The molecule has 0 saturated heterocycles. The van der Waals surface area contributed by atoms with Gasteiger partial charge in [-0.1, -0.05) is 12.1 Å². The molecule has 0 spiro atoms. The maximum Gasteiger partial charge on any atom is 0.573 e. The van der Waals surface area contributed by atoms with Crippen molar-refractivity contribution in [1.29, 1.82) is 0 Å². The number of carbonyl (C=O) groups excluding carboxylic acids is 1. The van der Waals surface area contributed by atoms with Gasteiger partial charge in [-0.25, -0.2) is 9.37 Å². The monoisotopic (exact) mass is 439 g/mol. The van der Waals surface area contributed by atoms with E-state index in [0.29, 0.717) is 5.65 Å². The molecule has 0 aliphatic rings. The Balaban J connectivity index is 1.95. The normalized spacial score (nSPS) is 12.2. The van der Waals surface area contributed by atoms with Crippen LogP contribution in [-0.4, -0.2) is 33.9 Å². The van der Waals surface area contributed by atoms with Crippen LogP contribution in [0.3, 0.4) is 0 Å². The second kappa shape index (κ2) is 8.54. The number of benzene rings is 1. The zero-order chi connectivity index (χ0) is 22.8. The van der Waals surface area contributed by atoms with Crippen molar-refractivity contribution in [1.82, 2.24) is 9.38 Å². The van der Waals surface area contributed by atoms with E-state index < -0.39 is 29.4 Å². The first kappa shape index (κ1) is 22.5. The molecule has 1 aromatic carbocycles. The predicted octanol–water partition coefficient (Wildman–Crippen LogP) is 5.18. The van der Waals surface area contributed by atoms with Crippen molar-refractivity contribution >= 4 is 17.4 Å². The summed E-state index contributed by atoms with van der Waals surface area (Å²) in [6, 6.07) is 7.74. The van der Waals surface area contributed by atoms with Crippen molar-refractivity contribution in [2.24, 2.45) is 0 Å². The smallest absolute Gasteiger partial charge is 0.406 e. The number of hydrogen-bond acceptors (Lipinski definition) is 4. The molecule has 0 aliphatic carbocycles. The highest BCUT2D eigenvalue weighted by atomic mass is 19.4. The molecule has 2 heterocycles. The summed E-state index contributed by atoms with van der Waals surface area (Å²) >= 11 is 0. The number of nitrogens with one attached hydrogen (secondary N) is 1. The summed E-state index contributed by atoms with van der Waals surface area (Å²) in [4.78, 5) is 16.7. The minimum Gasteiger partial charge on any atom is -0.406 e. The molecule has 0 saturated carbocycles. The highest BCUT2D eigenvalue weighted by Crippen LogP contribution is 2.33. The number of anilines is 1. The lowest BCUT2D eigenvalue weighted by Crippen LogP contribution is -2.23. The highest BCUT2D eigenvalue weighted by Gasteiger charge is 2.31. The van der Waals surface area contributed by atoms with Gasteiger partial charge in [-0.3, -0.25) is 9.20 Å². The number of carbonyl (C=O) groups is 1. The van der Waals surface area contributed by atoms with Crippen LogP contribution in [0.5, 0.6) is 5.75 Å². The van der Waals surface area contributed by atoms with E-state index in [1.807, 2.05) is 20.8 Å². The fourth-order valence-corrected chi connectivity index (χ4v) is 2.87. The van der Waals surface area contributed by atoms with E-state index in [1.165, 1.54) is 28.7 Å². The molecule has 0 bridgehead atoms. The minimum atomic E-state index is -4.87. The summed E-state index contributed by atoms with van der Waals surface area (Å²) < 4.78 is 62.6. The van der Waals surface area contributed by atoms with Gasteiger partial charge >= 0.3 is 6.36 Å². The lowest BCUT2D eigenvalue weighted by Gasteiger charge is -2.19. The molecule has 1 N–H and O–H groups in total. The van der Waals surface area contributed by atoms with Crippen molar-refractivity contribution < 1.29 is 31.8 Å². The van der Waals surface area contributed by atoms with E-state index in [2.05, 4.69) is 15.0 Å². The summed E-state index contributed by atoms with van der Waals surface area (Å²) in [5, 5.41) is 2.64. The van der Waals surface area contributed by atoms with Crippen molar-refractivity contribution in [2.75, 3.05) is 11.9 Å². The van der Waals surface area contributed by atoms with Crippen molar-refractivity contribution in [3.63, 3.8) is 0 Å². The first-order chi connectivity index (χ1) is 14.4. The Morgan fingerprint density at radius 3 is 2.58 bits per heavy atom. The van der Waals surface area contributed by atoms with Gasteiger partial charge in [0.15, 0.2) is 5.82 Å². The molecule has 3 rings (SSSR count). The Bertz CT molecular complexity index is 1090. The third-order valence-electron chi connectivity index (χ3n) is 4.05. The van der Waals surface area contributed by atoms with Gasteiger partial charge in [-0.05, 0) is 45.0 Å². The van der Waals surface area contributed by atoms with Crippen LogP contribution >= 0.6 is 0 Å². The Morgan fingerprint density at radius 2 is 1.90 bits per heavy atom. The highest BCUT2D eigenvalue weighted by molar-refractivity contribution is 5.94. The molecule has 6 nitrogen and oxygen atoms in total. The molecule has 0 fully saturated rings. The number of hydrogen-bond donors (Lipinski definition) is 1. The van der Waals surface area contributed by atoms with E-state index >= 15 is 0 Å². The van der Waals surface area contributed by atoms with Gasteiger partial charge < -0.3 is 14.8 Å². The molecular weight excluding hydrogens is 418 g/mol. The first-order valence-electron chi connectivity index (χ1n) is 9.39. The minimum absolute atomic E-state index is 0.0379. The Kier molecular flexibility index (Phi) is 6.21. The van der Waals surface area contributed by atoms with Crippen LogP contribution in [0.2, 0.25) is 0 Å². The molecule has 3 aromatic rings. The number of ether oxygens (including phenoxy) is 2. The average Bonchev–Trinajstić information content (AvgIpc) is 2.96. The second-order valence-corrected chi connectivity index (χ2v) is 7.72. The van der Waals surface area contributed by atoms with Crippen LogP contribution in [-0.2, 0) is 9.53 Å². The van der Waals surface area contributed by atoms with Gasteiger partial charge in [-0.15, -0.1) is 13.2 Å². The number of alkyl halides is 3. The van der Waals surface area contributed by atoms with Gasteiger partial charge in [0, 0.05) is 11.8 Å². The largest absolute Gasteiger partial charge is 0.573 e. The van der Waals surface area contributed by atoms with Crippen LogP contribution < -0.4 is 10.1 Å². The maximum atomic E-state index is 13.9. The standard InChI is InChI=1S/C21H21F4N3O3/c1-20(2,3)30-10-9-17(29)27-19-18(28-12-14(22)7-8-16(28)26-19)13-5-4-6-15(11-13)31-21(23,24)25/h4-8,11-12H,9-10H2,1-3H3,(H,27,29). The first-order valence-corrected chi connectivity index (χ1v) is 9.39. The number of rotatable bonds is 6. The molecule has 1 amide bonds. The zero-order valence-corrected chi connectivity index (χ0v) is 17.1. The van der Waals surface area contributed by atoms with Crippen LogP contribution in [0.1, 0.15) is 27.2 Å². The molecule has 0 atom stereocenters. The van der Waals surface area contributed by atoms with Gasteiger partial charge in [0.25, 0.3) is 0 Å². The number of amides is 1. The quantitative estimate of drug-likeness (QED) is 0.538. The van der Waals surface area contributed by atoms with Gasteiger partial charge in [0.2, 0.25) is 5.91 Å². The molecular formula is C21H21F4N3O3. The fraction of sp³-hybridized carbons (Fsp3) is 0.333. The van der Waals surface area contributed by atoms with Crippen molar-refractivity contribution in [3.05, 3.63) is 48.4 Å². The number of imidazole rings is 1. The Morgan fingerprint density at radius 1 is 1.16 bits per heavy atom. The number of nitrogens with zero attached hydrogens (tertiary/aromatic N) is 2. The Hall–Kier alpha value is -3.14. The topological polar surface area (TPSA) is 64.9 Å². The molecule has 31 heavy (non-hydrogen) atoms. The van der Waals surface area contributed by atoms with E-state index in [1.54, 1.807) is 0 Å². The summed E-state index contributed by atoms with van der Waals surface area (Å²) in [7, 11) is 0. The van der Waals surface area contributed by atoms with Gasteiger partial charge in [-0.2, -0.15) is 0 Å². The van der Waals surface area contributed by atoms with Crippen molar-refractivity contribution in [2.45, 2.75) is 39.2 Å². The lowest BCUT2D eigenvalue weighted by atomic mass is 10.1. The summed E-state index contributed by atoms with van der Waals surface area (Å²) in [5.74, 6) is -1.36. The Labute approximate surface area is 175 Å². The number of halogens is 4. The van der Waals surface area contributed by atoms with Crippen LogP contribution in [0.25, 0.3) is 16.9 Å². The van der Waals surface area contributed by atoms with Gasteiger partial charge in [0.1, 0.15) is 17.2 Å². The van der Waals surface area contributed by atoms with Crippen LogP contribution in [0.4, 0.5) is 23.4 Å². The molecule has 166 valence electrons. The number of pyridine rings is 1. The van der Waals surface area contributed by atoms with Crippen molar-refractivity contribution in [3.8, 4) is 17.0 Å². The summed E-state index contributed by atoms with van der Waals surface area (Å²) in [6.07, 6.45) is -3.70. The van der Waals surface area contributed by atoms with Crippen LogP contribution in [0, 0.1) is 5.82 Å². The molecule has 0 unspecified atom stereocenters. The van der Waals surface area contributed by atoms with E-state index in [9.17, 15) is 22.4 Å². The molecule has 2 aromatic heterocycles. The predicted molar refractivity (Wildman–Crippen MR) is 106 cm³/mol. The molecule has 0 radical (unpaired) electrons. The van der Waals surface area contributed by atoms with Crippen LogP contribution in [0.15, 0.2) is 42.6 Å². The lowest BCUT2D eigenvalue weighted by molar-refractivity contribution is -0.274. The third kappa shape index (κ3) is 6.17. The molecule has 0 aliphatic heterocycles. The van der Waals surface area contributed by atoms with Gasteiger partial charge in [0.05, 0.1) is 24.3 Å². The SMILES string of the molecule is CC(C)(C)OCCC(=O)Nc1nc2ccc(F)cn2c1-c1cccc(OC(F)(F)F)c1. The zero-order valence-electron chi connectivity index (χ0n) is 17.1. The average molecular weight is 439 g/mol. The maximum absolute atomic E-state index is 13.9. The molecule has 10 heteroatoms. The number of fused-ring (bicyclic) bond motifs is 1. The fourth-order valence-electron chi connectivity index (χ4n) is 2.87. The third-order valence-corrected chi connectivity index (χ3v) is 4.05. The summed E-state index contributed by atoms with van der Waals surface area (Å²) in [6.45, 7) is 5.74. The summed E-state index contributed by atoms with van der Waals surface area (Å²) in [5.41, 5.74) is 0.360. The van der Waals surface area contributed by atoms with E-state index in [0.717, 1.165) is 18.3 Å². The number of aromatic nitrogens is 2. The van der Waals surface area contributed by atoms with E-state index in [-0.39, 0.29) is 30.1 Å².